The van der Waals surface area contributed by atoms with Crippen LogP contribution in [-0.4, -0.2) is 30.6 Å². The van der Waals surface area contributed by atoms with Crippen LogP contribution in [0.25, 0.3) is 0 Å². The van der Waals surface area contributed by atoms with E-state index in [-0.39, 0.29) is 0 Å². The van der Waals surface area contributed by atoms with Gasteiger partial charge < -0.3 is 9.73 Å². The summed E-state index contributed by atoms with van der Waals surface area (Å²) in [6.45, 7) is 9.12. The monoisotopic (exact) mass is 236 g/mol. The van der Waals surface area contributed by atoms with Crippen molar-refractivity contribution in [1.29, 1.82) is 0 Å². The zero-order valence-corrected chi connectivity index (χ0v) is 11.0. The van der Waals surface area contributed by atoms with Gasteiger partial charge in [-0.25, -0.2) is 0 Å². The van der Waals surface area contributed by atoms with Crippen LogP contribution in [0, 0.1) is 5.92 Å². The molecular weight excluding hydrogens is 212 g/mol. The Kier molecular flexibility index (Phi) is 4.63. The summed E-state index contributed by atoms with van der Waals surface area (Å²) >= 11 is 0. The predicted molar refractivity (Wildman–Crippen MR) is 69.8 cm³/mol. The van der Waals surface area contributed by atoms with Gasteiger partial charge in [-0.2, -0.15) is 0 Å². The lowest BCUT2D eigenvalue weighted by atomic mass is 9.92. The Morgan fingerprint density at radius 2 is 2.35 bits per heavy atom. The Hall–Kier alpha value is -0.800. The number of rotatable bonds is 5. The first-order chi connectivity index (χ1) is 8.27. The molecule has 1 aliphatic heterocycles. The van der Waals surface area contributed by atoms with Crippen LogP contribution in [0.3, 0.4) is 0 Å². The zero-order valence-electron chi connectivity index (χ0n) is 11.0. The van der Waals surface area contributed by atoms with Crippen molar-refractivity contribution in [2.75, 3.05) is 19.6 Å². The molecule has 0 bridgehead atoms. The summed E-state index contributed by atoms with van der Waals surface area (Å²) in [5, 5.41) is 3.47. The zero-order chi connectivity index (χ0) is 12.1. The summed E-state index contributed by atoms with van der Waals surface area (Å²) in [5.41, 5.74) is 1.23. The molecule has 0 aliphatic carbocycles. The van der Waals surface area contributed by atoms with E-state index in [1.165, 1.54) is 24.9 Å². The second kappa shape index (κ2) is 6.22. The van der Waals surface area contributed by atoms with E-state index in [4.69, 9.17) is 4.42 Å². The molecule has 2 heterocycles. The van der Waals surface area contributed by atoms with E-state index in [2.05, 4.69) is 24.1 Å². The smallest absolute Gasteiger partial charge is 0.0947 e. The molecule has 17 heavy (non-hydrogen) atoms. The quantitative estimate of drug-likeness (QED) is 0.796. The van der Waals surface area contributed by atoms with Gasteiger partial charge in [0.25, 0.3) is 0 Å². The van der Waals surface area contributed by atoms with Crippen LogP contribution >= 0.6 is 0 Å². The Bertz CT molecular complexity index is 310. The molecule has 1 aliphatic rings. The third-order valence-electron chi connectivity index (χ3n) is 3.99. The van der Waals surface area contributed by atoms with Crippen molar-refractivity contribution in [3.8, 4) is 0 Å². The van der Waals surface area contributed by atoms with Crippen molar-refractivity contribution in [3.63, 3.8) is 0 Å². The van der Waals surface area contributed by atoms with Crippen molar-refractivity contribution in [2.24, 2.45) is 5.92 Å². The normalized spacial score (nSPS) is 26.2. The van der Waals surface area contributed by atoms with Gasteiger partial charge in [-0.3, -0.25) is 4.90 Å². The molecule has 1 aromatic heterocycles. The molecule has 0 spiro atoms. The maximum Gasteiger partial charge on any atom is 0.0947 e. The van der Waals surface area contributed by atoms with Gasteiger partial charge in [0.1, 0.15) is 0 Å². The van der Waals surface area contributed by atoms with Gasteiger partial charge in [0.05, 0.1) is 12.5 Å². The first-order valence-electron chi connectivity index (χ1n) is 6.73. The summed E-state index contributed by atoms with van der Waals surface area (Å²) in [6, 6.07) is 2.75. The maximum atomic E-state index is 5.04. The molecule has 0 aromatic carbocycles. The van der Waals surface area contributed by atoms with Crippen molar-refractivity contribution in [2.45, 2.75) is 39.3 Å². The van der Waals surface area contributed by atoms with Gasteiger partial charge >= 0.3 is 0 Å². The Balaban J connectivity index is 1.64. The lowest BCUT2D eigenvalue weighted by Gasteiger charge is -2.37. The minimum absolute atomic E-state index is 0.736. The van der Waals surface area contributed by atoms with E-state index in [1.807, 2.05) is 6.07 Å². The van der Waals surface area contributed by atoms with E-state index in [0.29, 0.717) is 0 Å². The molecule has 2 unspecified atom stereocenters. The Morgan fingerprint density at radius 1 is 1.47 bits per heavy atom. The number of nitrogens with one attached hydrogen (secondary N) is 1. The second-order valence-corrected chi connectivity index (χ2v) is 5.20. The molecule has 2 atom stereocenters. The maximum absolute atomic E-state index is 5.04. The van der Waals surface area contributed by atoms with E-state index in [0.717, 1.165) is 31.6 Å². The predicted octanol–water partition coefficient (Wildman–Crippen LogP) is 2.49. The molecule has 1 fully saturated rings. The van der Waals surface area contributed by atoms with E-state index >= 15 is 0 Å². The van der Waals surface area contributed by atoms with Crippen LogP contribution in [-0.2, 0) is 6.54 Å². The van der Waals surface area contributed by atoms with Crippen molar-refractivity contribution >= 4 is 0 Å². The van der Waals surface area contributed by atoms with Gasteiger partial charge in [0.15, 0.2) is 0 Å². The van der Waals surface area contributed by atoms with Gasteiger partial charge in [0.2, 0.25) is 0 Å². The molecule has 0 saturated carbocycles. The highest BCUT2D eigenvalue weighted by Gasteiger charge is 2.23. The van der Waals surface area contributed by atoms with Gasteiger partial charge in [-0.05, 0) is 38.3 Å². The fraction of sp³-hybridized carbons (Fsp3) is 0.714. The third-order valence-corrected chi connectivity index (χ3v) is 3.99. The molecule has 96 valence electrons. The van der Waals surface area contributed by atoms with Crippen LogP contribution in [0.5, 0.6) is 0 Å². The van der Waals surface area contributed by atoms with Crippen molar-refractivity contribution < 1.29 is 4.42 Å². The SMILES string of the molecule is CC1CCCN(CCNCc2ccoc2)C1C. The first-order valence-corrected chi connectivity index (χ1v) is 6.73. The Labute approximate surface area is 104 Å². The molecule has 1 aromatic rings. The van der Waals surface area contributed by atoms with E-state index < -0.39 is 0 Å². The number of likely N-dealkylation sites (tertiary alicyclic amines) is 1. The summed E-state index contributed by atoms with van der Waals surface area (Å²) in [6.07, 6.45) is 6.28. The molecule has 2 rings (SSSR count). The largest absolute Gasteiger partial charge is 0.472 e. The van der Waals surface area contributed by atoms with Gasteiger partial charge in [-0.15, -0.1) is 0 Å². The Morgan fingerprint density at radius 3 is 3.12 bits per heavy atom. The van der Waals surface area contributed by atoms with Crippen molar-refractivity contribution in [3.05, 3.63) is 24.2 Å². The van der Waals surface area contributed by atoms with Crippen LogP contribution in [0.4, 0.5) is 0 Å². The van der Waals surface area contributed by atoms with Gasteiger partial charge in [0, 0.05) is 31.2 Å². The first kappa shape index (κ1) is 12.7. The average Bonchev–Trinajstić information content (AvgIpc) is 2.83. The molecule has 0 amide bonds. The van der Waals surface area contributed by atoms with E-state index in [1.54, 1.807) is 12.5 Å². The molecule has 1 N–H and O–H groups in total. The van der Waals surface area contributed by atoms with E-state index in [9.17, 15) is 0 Å². The minimum atomic E-state index is 0.736. The number of nitrogens with zero attached hydrogens (tertiary/aromatic N) is 1. The highest BCUT2D eigenvalue weighted by molar-refractivity contribution is 5.04. The van der Waals surface area contributed by atoms with Crippen LogP contribution < -0.4 is 5.32 Å². The fourth-order valence-corrected chi connectivity index (χ4v) is 2.59. The number of hydrogen-bond acceptors (Lipinski definition) is 3. The summed E-state index contributed by atoms with van der Waals surface area (Å²) < 4.78 is 5.04. The molecular formula is C14H24N2O. The summed E-state index contributed by atoms with van der Waals surface area (Å²) in [7, 11) is 0. The van der Waals surface area contributed by atoms with Crippen LogP contribution in [0.15, 0.2) is 23.0 Å². The summed E-state index contributed by atoms with van der Waals surface area (Å²) in [4.78, 5) is 2.61. The molecule has 0 radical (unpaired) electrons. The lowest BCUT2D eigenvalue weighted by Crippen LogP contribution is -2.45. The summed E-state index contributed by atoms with van der Waals surface area (Å²) in [5.74, 6) is 0.845. The topological polar surface area (TPSA) is 28.4 Å². The molecule has 1 saturated heterocycles. The standard InChI is InChI=1S/C14H24N2O/c1-12-4-3-7-16(13(12)2)8-6-15-10-14-5-9-17-11-14/h5,9,11-13,15H,3-4,6-8,10H2,1-2H3. The minimum Gasteiger partial charge on any atom is -0.472 e. The van der Waals surface area contributed by atoms with Gasteiger partial charge in [-0.1, -0.05) is 6.92 Å². The second-order valence-electron chi connectivity index (χ2n) is 5.20. The lowest BCUT2D eigenvalue weighted by molar-refractivity contribution is 0.115. The fourth-order valence-electron chi connectivity index (χ4n) is 2.59. The number of hydrogen-bond donors (Lipinski definition) is 1. The third kappa shape index (κ3) is 3.58. The highest BCUT2D eigenvalue weighted by Crippen LogP contribution is 2.21. The van der Waals surface area contributed by atoms with Crippen LogP contribution in [0.2, 0.25) is 0 Å². The van der Waals surface area contributed by atoms with Crippen molar-refractivity contribution in [1.82, 2.24) is 10.2 Å². The highest BCUT2D eigenvalue weighted by atomic mass is 16.3. The van der Waals surface area contributed by atoms with Crippen LogP contribution in [0.1, 0.15) is 32.3 Å². The average molecular weight is 236 g/mol. The number of piperidine rings is 1. The number of furan rings is 1. The molecule has 3 heteroatoms. The molecule has 3 nitrogen and oxygen atoms in total.